The fourth-order valence-electron chi connectivity index (χ4n) is 3.06. The Morgan fingerprint density at radius 2 is 1.85 bits per heavy atom. The third-order valence-corrected chi connectivity index (χ3v) is 4.30. The molecule has 3 rings (SSSR count). The summed E-state index contributed by atoms with van der Waals surface area (Å²) in [5.74, 6) is 2.37. The van der Waals surface area contributed by atoms with E-state index in [1.807, 2.05) is 38.2 Å². The van der Waals surface area contributed by atoms with Crippen molar-refractivity contribution < 1.29 is 9.47 Å². The lowest BCUT2D eigenvalue weighted by molar-refractivity contribution is 0.214. The Hall–Kier alpha value is -1.96. The number of para-hydroxylation sites is 3. The van der Waals surface area contributed by atoms with Crippen LogP contribution < -0.4 is 19.7 Å². The van der Waals surface area contributed by atoms with Gasteiger partial charge in [-0.1, -0.05) is 30.3 Å². The van der Waals surface area contributed by atoms with E-state index < -0.39 is 0 Å². The highest BCUT2D eigenvalue weighted by Crippen LogP contribution is 2.28. The van der Waals surface area contributed by atoms with Gasteiger partial charge in [0.05, 0.1) is 13.7 Å². The lowest BCUT2D eigenvalue weighted by atomic mass is 10.2. The number of rotatable bonds is 5. The molecule has 0 fully saturated rings. The standard InChI is InChI=1S/C20H25N3O2.HI/c1-15(25-19-11-7-6-10-18(19)24-3)14-22-20(21-2)23-13-12-16-8-4-5-9-17(16)23;/h4-11,15H,12-14H2,1-3H3,(H,21,22);1H. The van der Waals surface area contributed by atoms with Crippen molar-refractivity contribution in [1.82, 2.24) is 5.32 Å². The number of methoxy groups -OCH3 is 1. The Balaban J connectivity index is 0.00000243. The molecule has 140 valence electrons. The minimum Gasteiger partial charge on any atom is -0.493 e. The molecule has 0 radical (unpaired) electrons. The van der Waals surface area contributed by atoms with Gasteiger partial charge in [0.1, 0.15) is 6.10 Å². The van der Waals surface area contributed by atoms with Crippen molar-refractivity contribution in [3.8, 4) is 11.5 Å². The molecule has 5 nitrogen and oxygen atoms in total. The molecule has 0 spiro atoms. The van der Waals surface area contributed by atoms with Crippen molar-refractivity contribution in [1.29, 1.82) is 0 Å². The Labute approximate surface area is 172 Å². The van der Waals surface area contributed by atoms with Crippen LogP contribution in [0.2, 0.25) is 0 Å². The Morgan fingerprint density at radius 1 is 1.15 bits per heavy atom. The van der Waals surface area contributed by atoms with Crippen LogP contribution >= 0.6 is 24.0 Å². The van der Waals surface area contributed by atoms with E-state index in [1.54, 1.807) is 7.11 Å². The molecule has 26 heavy (non-hydrogen) atoms. The summed E-state index contributed by atoms with van der Waals surface area (Å²) >= 11 is 0. The van der Waals surface area contributed by atoms with E-state index in [9.17, 15) is 0 Å². The normalized spacial score (nSPS) is 14.3. The zero-order valence-electron chi connectivity index (χ0n) is 15.4. The number of fused-ring (bicyclic) bond motifs is 1. The average Bonchev–Trinajstić information content (AvgIpc) is 3.07. The highest BCUT2D eigenvalue weighted by Gasteiger charge is 2.22. The smallest absolute Gasteiger partial charge is 0.198 e. The Kier molecular flexibility index (Phi) is 7.56. The minimum absolute atomic E-state index is 0. The predicted molar refractivity (Wildman–Crippen MR) is 117 cm³/mol. The first-order valence-corrected chi connectivity index (χ1v) is 8.58. The molecule has 1 aliphatic heterocycles. The lowest BCUT2D eigenvalue weighted by Crippen LogP contribution is -2.44. The monoisotopic (exact) mass is 467 g/mol. The zero-order chi connectivity index (χ0) is 17.6. The van der Waals surface area contributed by atoms with Crippen LogP contribution in [-0.4, -0.2) is 39.3 Å². The fourth-order valence-corrected chi connectivity index (χ4v) is 3.06. The topological polar surface area (TPSA) is 46.1 Å². The predicted octanol–water partition coefficient (Wildman–Crippen LogP) is 3.72. The number of hydrogen-bond acceptors (Lipinski definition) is 3. The molecular weight excluding hydrogens is 441 g/mol. The van der Waals surface area contributed by atoms with E-state index in [0.29, 0.717) is 6.54 Å². The summed E-state index contributed by atoms with van der Waals surface area (Å²) in [6, 6.07) is 16.2. The highest BCUT2D eigenvalue weighted by molar-refractivity contribution is 14.0. The van der Waals surface area contributed by atoms with Gasteiger partial charge in [0.15, 0.2) is 17.5 Å². The maximum atomic E-state index is 6.00. The van der Waals surface area contributed by atoms with Crippen LogP contribution in [0.25, 0.3) is 0 Å². The molecule has 1 atom stereocenters. The van der Waals surface area contributed by atoms with Gasteiger partial charge in [-0.25, -0.2) is 0 Å². The van der Waals surface area contributed by atoms with Gasteiger partial charge < -0.3 is 19.7 Å². The molecular formula is C20H26IN3O2. The molecule has 0 bridgehead atoms. The average molecular weight is 467 g/mol. The van der Waals surface area contributed by atoms with Gasteiger partial charge in [-0.2, -0.15) is 0 Å². The summed E-state index contributed by atoms with van der Waals surface area (Å²) in [5.41, 5.74) is 2.60. The van der Waals surface area contributed by atoms with Crippen molar-refractivity contribution in [3.63, 3.8) is 0 Å². The van der Waals surface area contributed by atoms with Crippen LogP contribution in [-0.2, 0) is 6.42 Å². The second kappa shape index (κ2) is 9.66. The molecule has 1 N–H and O–H groups in total. The van der Waals surface area contributed by atoms with Crippen molar-refractivity contribution in [2.24, 2.45) is 4.99 Å². The molecule has 1 unspecified atom stereocenters. The van der Waals surface area contributed by atoms with E-state index in [-0.39, 0.29) is 30.1 Å². The van der Waals surface area contributed by atoms with Crippen molar-refractivity contribution in [2.45, 2.75) is 19.4 Å². The van der Waals surface area contributed by atoms with Crippen LogP contribution in [0.3, 0.4) is 0 Å². The minimum atomic E-state index is -0.0223. The molecule has 6 heteroatoms. The molecule has 0 aliphatic carbocycles. The van der Waals surface area contributed by atoms with Crippen LogP contribution in [0, 0.1) is 0 Å². The summed E-state index contributed by atoms with van der Waals surface area (Å²) < 4.78 is 11.3. The zero-order valence-corrected chi connectivity index (χ0v) is 17.8. The van der Waals surface area contributed by atoms with Gasteiger partial charge >= 0.3 is 0 Å². The highest BCUT2D eigenvalue weighted by atomic mass is 127. The molecule has 0 saturated heterocycles. The number of halogens is 1. The third kappa shape index (κ3) is 4.60. The summed E-state index contributed by atoms with van der Waals surface area (Å²) in [4.78, 5) is 6.66. The van der Waals surface area contributed by atoms with Crippen molar-refractivity contribution >= 4 is 35.6 Å². The summed E-state index contributed by atoms with van der Waals surface area (Å²) in [6.45, 7) is 3.63. The van der Waals surface area contributed by atoms with Gasteiger partial charge in [0.2, 0.25) is 0 Å². The van der Waals surface area contributed by atoms with E-state index in [2.05, 4.69) is 39.5 Å². The summed E-state index contributed by atoms with van der Waals surface area (Å²) in [5, 5.41) is 3.42. The molecule has 2 aromatic carbocycles. The first-order chi connectivity index (χ1) is 12.2. The number of anilines is 1. The van der Waals surface area contributed by atoms with Crippen molar-refractivity contribution in [2.75, 3.05) is 32.1 Å². The molecule has 0 amide bonds. The number of benzene rings is 2. The maximum Gasteiger partial charge on any atom is 0.198 e. The van der Waals surface area contributed by atoms with Gasteiger partial charge in [0.25, 0.3) is 0 Å². The largest absolute Gasteiger partial charge is 0.493 e. The molecule has 1 heterocycles. The van der Waals surface area contributed by atoms with Crippen molar-refractivity contribution in [3.05, 3.63) is 54.1 Å². The second-order valence-electron chi connectivity index (χ2n) is 6.04. The Bertz CT molecular complexity index is 751. The van der Waals surface area contributed by atoms with Crippen LogP contribution in [0.1, 0.15) is 12.5 Å². The van der Waals surface area contributed by atoms with E-state index in [1.165, 1.54) is 11.3 Å². The van der Waals surface area contributed by atoms with Gasteiger partial charge in [0, 0.05) is 19.3 Å². The Morgan fingerprint density at radius 3 is 2.58 bits per heavy atom. The number of guanidine groups is 1. The first kappa shape index (κ1) is 20.4. The van der Waals surface area contributed by atoms with E-state index in [4.69, 9.17) is 9.47 Å². The van der Waals surface area contributed by atoms with Crippen LogP contribution in [0.15, 0.2) is 53.5 Å². The van der Waals surface area contributed by atoms with Crippen LogP contribution in [0.4, 0.5) is 5.69 Å². The van der Waals surface area contributed by atoms with Crippen LogP contribution in [0.5, 0.6) is 11.5 Å². The summed E-state index contributed by atoms with van der Waals surface area (Å²) in [7, 11) is 3.47. The quantitative estimate of drug-likeness (QED) is 0.414. The van der Waals surface area contributed by atoms with E-state index >= 15 is 0 Å². The number of ether oxygens (including phenoxy) is 2. The maximum absolute atomic E-state index is 6.00. The molecule has 0 aromatic heterocycles. The molecule has 2 aromatic rings. The van der Waals surface area contributed by atoms with Gasteiger partial charge in [-0.15, -0.1) is 24.0 Å². The van der Waals surface area contributed by atoms with E-state index in [0.717, 1.165) is 30.4 Å². The molecule has 0 saturated carbocycles. The summed E-state index contributed by atoms with van der Waals surface area (Å²) in [6.07, 6.45) is 1.02. The van der Waals surface area contributed by atoms with Gasteiger partial charge in [-0.05, 0) is 37.1 Å². The number of nitrogens with zero attached hydrogens (tertiary/aromatic N) is 2. The van der Waals surface area contributed by atoms with Gasteiger partial charge in [-0.3, -0.25) is 4.99 Å². The first-order valence-electron chi connectivity index (χ1n) is 8.58. The lowest BCUT2D eigenvalue weighted by Gasteiger charge is -2.24. The number of hydrogen-bond donors (Lipinski definition) is 1. The number of aliphatic imine (C=N–C) groups is 1. The SMILES string of the molecule is CN=C(NCC(C)Oc1ccccc1OC)N1CCc2ccccc21.I. The number of nitrogens with one attached hydrogen (secondary N) is 1. The molecule has 1 aliphatic rings. The third-order valence-electron chi connectivity index (χ3n) is 4.30. The second-order valence-corrected chi connectivity index (χ2v) is 6.04. The fraction of sp³-hybridized carbons (Fsp3) is 0.350.